The first-order chi connectivity index (χ1) is 14.0. The third-order valence-electron chi connectivity index (χ3n) is 4.90. The van der Waals surface area contributed by atoms with E-state index >= 15 is 0 Å². The van der Waals surface area contributed by atoms with Crippen LogP contribution in [-0.2, 0) is 17.8 Å². The molecule has 0 aliphatic carbocycles. The maximum Gasteiger partial charge on any atom is 0.238 e. The molecule has 0 saturated heterocycles. The summed E-state index contributed by atoms with van der Waals surface area (Å²) >= 11 is 0. The van der Waals surface area contributed by atoms with Gasteiger partial charge in [0.05, 0.1) is 13.1 Å². The summed E-state index contributed by atoms with van der Waals surface area (Å²) in [6, 6.07) is 9.59. The molecule has 0 unspecified atom stereocenters. The van der Waals surface area contributed by atoms with Crippen molar-refractivity contribution >= 4 is 17.2 Å². The number of aryl methyl sites for hydroxylation is 2. The zero-order valence-corrected chi connectivity index (χ0v) is 16.9. The summed E-state index contributed by atoms with van der Waals surface area (Å²) in [4.78, 5) is 13.9. The number of carbonyl (C=O) groups is 1. The number of nitrogens with zero attached hydrogens (tertiary/aromatic N) is 5. The smallest absolute Gasteiger partial charge is 0.238 e. The molecule has 8 nitrogen and oxygen atoms in total. The topological polar surface area (TPSA) is 107 Å². The molecule has 29 heavy (non-hydrogen) atoms. The molecule has 2 N–H and O–H groups in total. The van der Waals surface area contributed by atoms with Crippen LogP contribution >= 0.6 is 0 Å². The first-order valence-corrected chi connectivity index (χ1v) is 9.77. The molecule has 2 aromatic rings. The van der Waals surface area contributed by atoms with Crippen LogP contribution in [0.3, 0.4) is 0 Å². The maximum atomic E-state index is 12.2. The fraction of sp³-hybridized carbons (Fsp3) is 0.429. The monoisotopic (exact) mass is 394 g/mol. The van der Waals surface area contributed by atoms with E-state index in [1.807, 2.05) is 35.8 Å². The molecule has 152 valence electrons. The second kappa shape index (κ2) is 9.34. The highest BCUT2D eigenvalue weighted by molar-refractivity contribution is 5.92. The van der Waals surface area contributed by atoms with Crippen LogP contribution in [0, 0.1) is 18.3 Å². The predicted octanol–water partition coefficient (Wildman–Crippen LogP) is 2.68. The Kier molecular flexibility index (Phi) is 6.62. The van der Waals surface area contributed by atoms with E-state index in [9.17, 15) is 15.2 Å². The van der Waals surface area contributed by atoms with Gasteiger partial charge in [-0.25, -0.2) is 0 Å². The molecule has 1 aliphatic rings. The number of hydrogen-bond donors (Lipinski definition) is 2. The van der Waals surface area contributed by atoms with E-state index in [-0.39, 0.29) is 30.3 Å². The highest BCUT2D eigenvalue weighted by Crippen LogP contribution is 2.21. The summed E-state index contributed by atoms with van der Waals surface area (Å²) in [7, 11) is 1.71. The van der Waals surface area contributed by atoms with E-state index in [4.69, 9.17) is 0 Å². The molecule has 0 fully saturated rings. The quantitative estimate of drug-likeness (QED) is 0.576. The number of rotatable bonds is 6. The molecular weight excluding hydrogens is 368 g/mol. The van der Waals surface area contributed by atoms with Crippen LogP contribution in [0.5, 0.6) is 0 Å². The summed E-state index contributed by atoms with van der Waals surface area (Å²) in [6.45, 7) is 2.86. The minimum Gasteiger partial charge on any atom is -0.509 e. The van der Waals surface area contributed by atoms with Crippen LogP contribution in [0.4, 0.5) is 5.69 Å². The normalized spacial score (nSPS) is 14.6. The highest BCUT2D eigenvalue weighted by atomic mass is 16.3. The number of carbonyl (C=O) groups excluding carboxylic acids is 1. The van der Waals surface area contributed by atoms with E-state index in [0.717, 1.165) is 49.3 Å². The zero-order valence-electron chi connectivity index (χ0n) is 16.9. The summed E-state index contributed by atoms with van der Waals surface area (Å²) < 4.78 is 1.92. The standard InChI is InChI=1S/C21H26N6O2/c1-15-7-9-16(10-8-15)23-20(29)14-26(2)13-18(28)17(12-22)21-25-24-19-6-4-3-5-11-27(19)21/h7-10,28H,3-6,11,13-14H2,1-2H3,(H,23,29)/b18-17-. The zero-order chi connectivity index (χ0) is 20.8. The first kappa shape index (κ1) is 20.6. The number of aliphatic hydroxyl groups is 1. The number of aromatic nitrogens is 3. The van der Waals surface area contributed by atoms with Crippen molar-refractivity contribution in [2.45, 2.75) is 39.2 Å². The lowest BCUT2D eigenvalue weighted by Crippen LogP contribution is -2.31. The number of amides is 1. The van der Waals surface area contributed by atoms with Gasteiger partial charge in [0, 0.05) is 18.7 Å². The van der Waals surface area contributed by atoms with Crippen molar-refractivity contribution in [3.05, 3.63) is 47.2 Å². The van der Waals surface area contributed by atoms with Gasteiger partial charge in [0.15, 0.2) is 5.82 Å². The van der Waals surface area contributed by atoms with Crippen molar-refractivity contribution in [3.63, 3.8) is 0 Å². The van der Waals surface area contributed by atoms with Gasteiger partial charge in [-0.2, -0.15) is 5.26 Å². The molecule has 0 spiro atoms. The van der Waals surface area contributed by atoms with Gasteiger partial charge >= 0.3 is 0 Å². The van der Waals surface area contributed by atoms with Gasteiger partial charge in [-0.3, -0.25) is 9.69 Å². The van der Waals surface area contributed by atoms with Gasteiger partial charge in [-0.05, 0) is 38.9 Å². The summed E-state index contributed by atoms with van der Waals surface area (Å²) in [5.41, 5.74) is 1.94. The molecule has 1 aromatic carbocycles. The molecule has 1 aliphatic heterocycles. The number of anilines is 1. The van der Waals surface area contributed by atoms with Gasteiger partial charge in [-0.15, -0.1) is 10.2 Å². The molecule has 0 saturated carbocycles. The van der Waals surface area contributed by atoms with Gasteiger partial charge in [0.2, 0.25) is 5.91 Å². The molecule has 0 radical (unpaired) electrons. The van der Waals surface area contributed by atoms with Crippen LogP contribution in [0.15, 0.2) is 30.0 Å². The summed E-state index contributed by atoms with van der Waals surface area (Å²) in [5.74, 6) is 0.944. The van der Waals surface area contributed by atoms with Crippen molar-refractivity contribution in [3.8, 4) is 6.07 Å². The number of hydrogen-bond acceptors (Lipinski definition) is 6. The lowest BCUT2D eigenvalue weighted by atomic mass is 10.2. The molecule has 1 amide bonds. The van der Waals surface area contributed by atoms with E-state index in [1.165, 1.54) is 0 Å². The Morgan fingerprint density at radius 2 is 2.00 bits per heavy atom. The number of fused-ring (bicyclic) bond motifs is 1. The van der Waals surface area contributed by atoms with Crippen LogP contribution in [0.2, 0.25) is 0 Å². The third-order valence-corrected chi connectivity index (χ3v) is 4.90. The van der Waals surface area contributed by atoms with Crippen molar-refractivity contribution < 1.29 is 9.90 Å². The number of nitriles is 1. The van der Waals surface area contributed by atoms with Gasteiger partial charge in [0.25, 0.3) is 0 Å². The highest BCUT2D eigenvalue weighted by Gasteiger charge is 2.21. The Balaban J connectivity index is 1.66. The van der Waals surface area contributed by atoms with Gasteiger partial charge < -0.3 is 15.0 Å². The molecule has 2 heterocycles. The summed E-state index contributed by atoms with van der Waals surface area (Å²) in [5, 5.41) is 31.3. The minimum absolute atomic E-state index is 0.0619. The van der Waals surface area contributed by atoms with Gasteiger partial charge in [0.1, 0.15) is 23.2 Å². The second-order valence-corrected chi connectivity index (χ2v) is 7.42. The van der Waals surface area contributed by atoms with E-state index in [1.54, 1.807) is 11.9 Å². The molecule has 0 bridgehead atoms. The summed E-state index contributed by atoms with van der Waals surface area (Å²) in [6.07, 6.45) is 3.98. The number of nitrogens with one attached hydrogen (secondary N) is 1. The Morgan fingerprint density at radius 1 is 1.24 bits per heavy atom. The van der Waals surface area contributed by atoms with Crippen LogP contribution in [-0.4, -0.2) is 50.8 Å². The van der Waals surface area contributed by atoms with Crippen molar-refractivity contribution in [1.29, 1.82) is 5.26 Å². The lowest BCUT2D eigenvalue weighted by Gasteiger charge is -2.17. The molecule has 8 heteroatoms. The number of allylic oxidation sites excluding steroid dienone is 1. The fourth-order valence-electron chi connectivity index (χ4n) is 3.39. The Bertz CT molecular complexity index is 939. The molecular formula is C21H26N6O2. The molecule has 1 aromatic heterocycles. The average molecular weight is 394 g/mol. The molecule has 0 atom stereocenters. The fourth-order valence-corrected chi connectivity index (χ4v) is 3.39. The van der Waals surface area contributed by atoms with Crippen molar-refractivity contribution in [2.75, 3.05) is 25.5 Å². The lowest BCUT2D eigenvalue weighted by molar-refractivity contribution is -0.117. The van der Waals surface area contributed by atoms with Crippen molar-refractivity contribution in [2.24, 2.45) is 0 Å². The largest absolute Gasteiger partial charge is 0.509 e. The maximum absolute atomic E-state index is 12.2. The Morgan fingerprint density at radius 3 is 2.72 bits per heavy atom. The Labute approximate surface area is 170 Å². The minimum atomic E-state index is -0.195. The Hall–Kier alpha value is -3.18. The van der Waals surface area contributed by atoms with E-state index < -0.39 is 0 Å². The molecule has 3 rings (SSSR count). The number of aliphatic hydroxyl groups excluding tert-OH is 1. The predicted molar refractivity (Wildman–Crippen MR) is 110 cm³/mol. The first-order valence-electron chi connectivity index (χ1n) is 9.77. The van der Waals surface area contributed by atoms with Crippen LogP contribution in [0.1, 0.15) is 36.5 Å². The van der Waals surface area contributed by atoms with Crippen LogP contribution < -0.4 is 5.32 Å². The van der Waals surface area contributed by atoms with Gasteiger partial charge in [-0.1, -0.05) is 24.1 Å². The van der Waals surface area contributed by atoms with Crippen molar-refractivity contribution in [1.82, 2.24) is 19.7 Å². The van der Waals surface area contributed by atoms with E-state index in [0.29, 0.717) is 5.82 Å². The SMILES string of the molecule is Cc1ccc(NC(=O)CN(C)C/C(O)=C(\C#N)c2nnc3n2CCCCC3)cc1. The van der Waals surface area contributed by atoms with Crippen LogP contribution in [0.25, 0.3) is 5.57 Å². The third kappa shape index (κ3) is 5.21. The average Bonchev–Trinajstić information content (AvgIpc) is 2.92. The number of likely N-dealkylation sites (N-methyl/N-ethyl adjacent to an activating group) is 1. The number of benzene rings is 1. The second-order valence-electron chi connectivity index (χ2n) is 7.42. The van der Waals surface area contributed by atoms with E-state index in [2.05, 4.69) is 21.6 Å².